The number of likely N-dealkylation sites (N-methyl/N-ethyl adjacent to an activating group) is 3. The molecular formula is C82H138Cl2N16O21. The van der Waals surface area contributed by atoms with Crippen LogP contribution in [0, 0.1) is 17.8 Å². The lowest BCUT2D eigenvalue weighted by atomic mass is 9.99. The Morgan fingerprint density at radius 2 is 1.07 bits per heavy atom. The number of hydrogen-bond donors (Lipinski definition) is 18. The number of aromatic nitrogens is 1. The molecule has 21 N–H and O–H groups in total. The summed E-state index contributed by atoms with van der Waals surface area (Å²) in [6, 6.07) is 1.49. The van der Waals surface area contributed by atoms with Crippen molar-refractivity contribution in [3.8, 4) is 0 Å². The Labute approximate surface area is 722 Å². The Bertz CT molecular complexity index is 3720. The van der Waals surface area contributed by atoms with E-state index in [0.29, 0.717) is 11.5 Å². The van der Waals surface area contributed by atoms with Crippen LogP contribution in [0.4, 0.5) is 0 Å². The number of hydrogen-bond acceptors (Lipinski definition) is 23. The van der Waals surface area contributed by atoms with E-state index in [0.717, 1.165) is 57.4 Å². The largest absolute Gasteiger partial charge is 0.481 e. The number of H-pyrrole nitrogens is 1. The molecule has 686 valence electrons. The lowest BCUT2D eigenvalue weighted by Crippen LogP contribution is -2.62. The quantitative estimate of drug-likeness (QED) is 0.0346. The van der Waals surface area contributed by atoms with Gasteiger partial charge >= 0.3 is 11.9 Å². The number of primary amides is 1. The number of nitrogens with one attached hydrogen (secondary N) is 11. The maximum Gasteiger partial charge on any atom is 0.329 e. The van der Waals surface area contributed by atoms with Crippen LogP contribution in [0.3, 0.4) is 0 Å². The first-order valence-corrected chi connectivity index (χ1v) is 40.4. The molecule has 0 saturated carbocycles. The summed E-state index contributed by atoms with van der Waals surface area (Å²) in [4.78, 5) is 212. The van der Waals surface area contributed by atoms with Gasteiger partial charge in [-0.05, 0) is 141 Å². The molecule has 39 heteroatoms. The van der Waals surface area contributed by atoms with Gasteiger partial charge in [-0.15, -0.1) is 24.8 Å². The van der Waals surface area contributed by atoms with Crippen LogP contribution < -0.4 is 70.4 Å². The van der Waals surface area contributed by atoms with Crippen molar-refractivity contribution >= 4 is 130 Å². The Balaban J connectivity index is -0.00000267. The van der Waals surface area contributed by atoms with Gasteiger partial charge in [-0.3, -0.25) is 71.9 Å². The molecule has 0 fully saturated rings. The minimum absolute atomic E-state index is 0. The molecule has 0 saturated heterocycles. The molecular weight excluding hydrogens is 1620 g/mol. The second-order valence-corrected chi connectivity index (χ2v) is 30.2. The zero-order valence-electron chi connectivity index (χ0n) is 73.1. The van der Waals surface area contributed by atoms with Crippen LogP contribution in [-0.4, -0.2) is 262 Å². The molecule has 3 aromatic rings. The van der Waals surface area contributed by atoms with Gasteiger partial charge in [-0.1, -0.05) is 124 Å². The first kappa shape index (κ1) is 115. The number of aliphatic carboxylic acids is 1. The molecule has 0 aliphatic heterocycles. The molecule has 121 heavy (non-hydrogen) atoms. The van der Waals surface area contributed by atoms with Crippen LogP contribution in [0.1, 0.15) is 185 Å². The van der Waals surface area contributed by atoms with Gasteiger partial charge in [0.2, 0.25) is 70.9 Å². The van der Waals surface area contributed by atoms with Gasteiger partial charge in [0.15, 0.2) is 11.6 Å². The van der Waals surface area contributed by atoms with Crippen molar-refractivity contribution in [3.05, 3.63) is 71.9 Å². The third-order valence-corrected chi connectivity index (χ3v) is 18.9. The summed E-state index contributed by atoms with van der Waals surface area (Å²) >= 11 is 0. The Morgan fingerprint density at radius 3 is 1.55 bits per heavy atom. The Morgan fingerprint density at radius 1 is 0.554 bits per heavy atom. The number of halogens is 2. The molecule has 1 heterocycles. The average molecular weight is 1760 g/mol. The fourth-order valence-electron chi connectivity index (χ4n) is 11.6. The van der Waals surface area contributed by atoms with Crippen LogP contribution in [-0.2, 0) is 94.3 Å². The van der Waals surface area contributed by atoms with E-state index in [9.17, 15) is 97.1 Å². The molecule has 12 amide bonds. The van der Waals surface area contributed by atoms with Crippen LogP contribution in [0.5, 0.6) is 0 Å². The molecule has 2 aromatic carbocycles. The summed E-state index contributed by atoms with van der Waals surface area (Å²) in [5.74, 6) is -14.3. The van der Waals surface area contributed by atoms with Crippen molar-refractivity contribution in [2.24, 2.45) is 35.0 Å². The fourth-order valence-corrected chi connectivity index (χ4v) is 11.6. The number of ether oxygens (including phenoxy) is 1. The summed E-state index contributed by atoms with van der Waals surface area (Å²) in [5, 5.41) is 64.3. The second kappa shape index (κ2) is 62.4. The number of aliphatic hydroxyl groups is 3. The van der Waals surface area contributed by atoms with Crippen molar-refractivity contribution in [2.45, 2.75) is 265 Å². The van der Waals surface area contributed by atoms with Crippen molar-refractivity contribution in [1.29, 1.82) is 0 Å². The number of aryl methyl sites for hydroxylation is 1. The number of carboxylic acids is 1. The van der Waals surface area contributed by atoms with E-state index >= 15 is 0 Å². The van der Waals surface area contributed by atoms with E-state index in [4.69, 9.17) is 21.9 Å². The summed E-state index contributed by atoms with van der Waals surface area (Å²) in [7, 11) is 4.63. The van der Waals surface area contributed by atoms with Crippen LogP contribution in [0.2, 0.25) is 0 Å². The SMILES string of the molecule is CC(=O)NC(CO)C(=O)NC(C(=O)NC(CO)C(=O)NCC(=O)N(C)C(Cc1ccccc1)C(=O)NC(CC(C)C)C(=O)NC(CCCN)C(=O)NC(CCC(=O)O)C(=O)NC(CC(N)=O)C(=O)NC(C)C(C)=O)C(O)C(C)=O.CCC(CCCC(C)C)OC(=O)C(C(C)C)N(C)C(=O)C(C)NC.CCCCN.CCc1c[nH]c2ccccc12.Cl.Cl. The number of aromatic amines is 1. The Hall–Kier alpha value is -9.76. The fraction of sp³-hybridized carbons (Fsp3) is 0.634. The molecule has 0 spiro atoms. The number of amides is 12. The third kappa shape index (κ3) is 44.6. The molecule has 37 nitrogen and oxygen atoms in total. The molecule has 0 aliphatic rings. The highest BCUT2D eigenvalue weighted by atomic mass is 35.5. The molecule has 0 radical (unpaired) electrons. The van der Waals surface area contributed by atoms with Crippen molar-refractivity contribution < 1.29 is 102 Å². The molecule has 1 aromatic heterocycles. The van der Waals surface area contributed by atoms with Gasteiger partial charge in [-0.2, -0.15) is 0 Å². The van der Waals surface area contributed by atoms with E-state index in [1.54, 1.807) is 65.2 Å². The topological polar surface area (TPSA) is 584 Å². The number of ketones is 2. The number of esters is 1. The van der Waals surface area contributed by atoms with Gasteiger partial charge in [0, 0.05) is 51.0 Å². The predicted molar refractivity (Wildman–Crippen MR) is 461 cm³/mol. The number of para-hydroxylation sites is 1. The maximum absolute atomic E-state index is 14.4. The smallest absolute Gasteiger partial charge is 0.329 e. The summed E-state index contributed by atoms with van der Waals surface area (Å²) in [6.45, 7) is 22.2. The van der Waals surface area contributed by atoms with E-state index in [1.807, 2.05) is 31.4 Å². The predicted octanol–water partition coefficient (Wildman–Crippen LogP) is 0.684. The van der Waals surface area contributed by atoms with Gasteiger partial charge in [0.05, 0.1) is 38.3 Å². The maximum atomic E-state index is 14.4. The van der Waals surface area contributed by atoms with Crippen LogP contribution in [0.25, 0.3) is 10.9 Å². The zero-order chi connectivity index (χ0) is 90.9. The molecule has 0 bridgehead atoms. The van der Waals surface area contributed by atoms with Crippen molar-refractivity contribution in [1.82, 2.24) is 68.0 Å². The normalized spacial score (nSPS) is 14.0. The van der Waals surface area contributed by atoms with E-state index in [-0.39, 0.29) is 92.9 Å². The number of unbranched alkanes of at least 4 members (excludes halogenated alkanes) is 1. The summed E-state index contributed by atoms with van der Waals surface area (Å²) < 4.78 is 5.74. The molecule has 3 rings (SSSR count). The molecule has 0 aliphatic carbocycles. The third-order valence-electron chi connectivity index (χ3n) is 18.9. The lowest BCUT2D eigenvalue weighted by Gasteiger charge is -2.32. The van der Waals surface area contributed by atoms with Gasteiger partial charge in [-0.25, -0.2) is 4.79 Å². The van der Waals surface area contributed by atoms with Crippen LogP contribution >= 0.6 is 24.8 Å². The standard InChI is InChI=1S/C49H76N12O18.C19H38N2O3.C10H11N.C4H11N.2ClH/c1-24(2)18-32(46(76)55-30(14-11-17-50)43(73)56-31(15-16-39(69)70)44(74)57-33(20-37(51)67)45(75)53-25(3)26(4)64)58-48(78)36(19-29-12-9-8-10-13-29)61(7)38(68)21-52-42(72)34(22-62)59-49(79)40(41(71)27(5)65)60-47(77)35(23-63)54-28(6)66;1-9-16(12-10-11-13(2)3)24-19(23)17(14(4)5)21(8)18(22)15(6)20-7;1-2-8-7-11-10-6-4-3-5-9(8)10;1-2-3-4-5;;/h8-10,12-13,24-25,30-36,40-41,62-63,71H,11,14-23,50H2,1-7H3,(H2,51,67)(H,52,72)(H,53,75)(H,54,66)(H,55,76)(H,56,73)(H,57,74)(H,58,78)(H,59,79)(H,60,77)(H,69,70);13-17,20H,9-12H2,1-8H3;3-7,11H,2H2,1H3;2-5H2,1H3;2*1H. The van der Waals surface area contributed by atoms with Crippen molar-refractivity contribution in [2.75, 3.05) is 54.0 Å². The van der Waals surface area contributed by atoms with Gasteiger partial charge < -0.3 is 110 Å². The first-order chi connectivity index (χ1) is 55.9. The monoisotopic (exact) mass is 1750 g/mol. The minimum atomic E-state index is -2.21. The lowest BCUT2D eigenvalue weighted by molar-refractivity contribution is -0.161. The number of fused-ring (bicyclic) bond motifs is 1. The first-order valence-electron chi connectivity index (χ1n) is 40.4. The van der Waals surface area contributed by atoms with E-state index < -0.39 is 188 Å². The number of carbonyl (C=O) groups excluding carboxylic acids is 15. The summed E-state index contributed by atoms with van der Waals surface area (Å²) in [5.41, 5.74) is 19.4. The van der Waals surface area contributed by atoms with E-state index in [1.165, 1.54) is 55.1 Å². The number of nitrogens with zero attached hydrogens (tertiary/aromatic N) is 2. The average Bonchev–Trinajstić information content (AvgIpc) is 1.69. The van der Waals surface area contributed by atoms with Gasteiger partial charge in [0.25, 0.3) is 0 Å². The molecule has 13 atom stereocenters. The number of benzene rings is 2. The minimum Gasteiger partial charge on any atom is -0.481 e. The second-order valence-electron chi connectivity index (χ2n) is 30.2. The zero-order valence-corrected chi connectivity index (χ0v) is 74.8. The number of carboxylic acid groups (broad SMARTS) is 1. The highest BCUT2D eigenvalue weighted by Crippen LogP contribution is 2.21. The number of Topliss-reactive ketones (excluding diaryl/α,β-unsaturated/α-hetero) is 2. The van der Waals surface area contributed by atoms with Crippen LogP contribution in [0.15, 0.2) is 60.8 Å². The number of rotatable bonds is 50. The van der Waals surface area contributed by atoms with Crippen molar-refractivity contribution in [3.63, 3.8) is 0 Å². The highest BCUT2D eigenvalue weighted by Gasteiger charge is 2.39. The highest BCUT2D eigenvalue weighted by molar-refractivity contribution is 6.01. The van der Waals surface area contributed by atoms with E-state index in [2.05, 4.69) is 106 Å². The number of aliphatic hydroxyl groups excluding tert-OH is 3. The van der Waals surface area contributed by atoms with Gasteiger partial charge in [0.1, 0.15) is 66.6 Å². The number of carbonyl (C=O) groups is 16. The summed E-state index contributed by atoms with van der Waals surface area (Å²) in [6.07, 6.45) is 4.94. The Kier molecular flexibility index (Phi) is 59.5. The molecule has 13 unspecified atom stereocenters. The number of nitrogens with two attached hydrogens (primary N) is 3.